The highest BCUT2D eigenvalue weighted by Gasteiger charge is 2.19. The second-order valence-corrected chi connectivity index (χ2v) is 6.38. The monoisotopic (exact) mass is 393 g/mol. The van der Waals surface area contributed by atoms with Crippen molar-refractivity contribution in [2.45, 2.75) is 0 Å². The first kappa shape index (κ1) is 17.7. The number of rotatable bonds is 4. The fourth-order valence-electron chi connectivity index (χ4n) is 2.78. The van der Waals surface area contributed by atoms with E-state index >= 15 is 0 Å². The van der Waals surface area contributed by atoms with Gasteiger partial charge in [0.25, 0.3) is 11.6 Å². The van der Waals surface area contributed by atoms with Gasteiger partial charge >= 0.3 is 0 Å². The number of fused-ring (bicyclic) bond motifs is 1. The van der Waals surface area contributed by atoms with Gasteiger partial charge in [-0.1, -0.05) is 29.8 Å². The highest BCUT2D eigenvalue weighted by atomic mass is 35.5. The van der Waals surface area contributed by atoms with E-state index in [9.17, 15) is 14.9 Å². The lowest BCUT2D eigenvalue weighted by molar-refractivity contribution is -0.385. The average Bonchev–Trinajstić information content (AvgIpc) is 3.11. The second-order valence-electron chi connectivity index (χ2n) is 5.94. The Hall–Kier alpha value is -3.71. The zero-order valence-electron chi connectivity index (χ0n) is 14.3. The molecule has 1 amide bonds. The quantitative estimate of drug-likeness (QED) is 0.374. The smallest absolute Gasteiger partial charge is 0.282 e. The minimum atomic E-state index is -0.589. The van der Waals surface area contributed by atoms with Gasteiger partial charge in [-0.3, -0.25) is 14.9 Å². The molecule has 0 fully saturated rings. The summed E-state index contributed by atoms with van der Waals surface area (Å²) >= 11 is 5.97. The number of benzene rings is 3. The van der Waals surface area contributed by atoms with E-state index in [-0.39, 0.29) is 11.3 Å². The minimum Gasteiger partial charge on any atom is -0.436 e. The zero-order valence-corrected chi connectivity index (χ0v) is 15.0. The van der Waals surface area contributed by atoms with Crippen LogP contribution in [0.25, 0.3) is 22.6 Å². The van der Waals surface area contributed by atoms with Crippen LogP contribution in [-0.4, -0.2) is 15.8 Å². The van der Waals surface area contributed by atoms with Gasteiger partial charge in [-0.15, -0.1) is 0 Å². The van der Waals surface area contributed by atoms with Crippen LogP contribution in [-0.2, 0) is 0 Å². The van der Waals surface area contributed by atoms with Crippen LogP contribution >= 0.6 is 11.6 Å². The van der Waals surface area contributed by atoms with Gasteiger partial charge in [-0.05, 0) is 42.5 Å². The second kappa shape index (κ2) is 7.13. The summed E-state index contributed by atoms with van der Waals surface area (Å²) in [5.74, 6) is -0.201. The van der Waals surface area contributed by atoms with E-state index < -0.39 is 10.8 Å². The van der Waals surface area contributed by atoms with Gasteiger partial charge in [0.1, 0.15) is 11.1 Å². The van der Waals surface area contributed by atoms with Crippen LogP contribution in [0.2, 0.25) is 5.02 Å². The van der Waals surface area contributed by atoms with Crippen LogP contribution in [0, 0.1) is 10.1 Å². The normalized spacial score (nSPS) is 10.8. The van der Waals surface area contributed by atoms with E-state index in [0.29, 0.717) is 33.3 Å². The number of para-hydroxylation sites is 1. The minimum absolute atomic E-state index is 0.0191. The average molecular weight is 394 g/mol. The van der Waals surface area contributed by atoms with Crippen molar-refractivity contribution in [3.63, 3.8) is 0 Å². The molecule has 0 aliphatic heterocycles. The Balaban J connectivity index is 1.64. The van der Waals surface area contributed by atoms with Gasteiger partial charge in [0, 0.05) is 22.3 Å². The van der Waals surface area contributed by atoms with Crippen molar-refractivity contribution in [3.8, 4) is 11.5 Å². The molecule has 4 rings (SSSR count). The molecule has 0 spiro atoms. The van der Waals surface area contributed by atoms with E-state index in [1.807, 2.05) is 0 Å². The number of halogens is 1. The Morgan fingerprint density at radius 2 is 1.89 bits per heavy atom. The molecule has 0 aliphatic carbocycles. The molecule has 138 valence electrons. The van der Waals surface area contributed by atoms with Gasteiger partial charge in [0.15, 0.2) is 5.58 Å². The predicted octanol–water partition coefficient (Wildman–Crippen LogP) is 5.31. The van der Waals surface area contributed by atoms with Crippen molar-refractivity contribution in [2.75, 3.05) is 5.32 Å². The first-order chi connectivity index (χ1) is 13.5. The third-order valence-corrected chi connectivity index (χ3v) is 4.30. The fourth-order valence-corrected chi connectivity index (χ4v) is 2.94. The van der Waals surface area contributed by atoms with E-state index in [4.69, 9.17) is 16.0 Å². The number of hydrogen-bond acceptors (Lipinski definition) is 5. The Kier molecular flexibility index (Phi) is 4.50. The molecule has 1 aromatic heterocycles. The van der Waals surface area contributed by atoms with Crippen molar-refractivity contribution >= 4 is 40.0 Å². The summed E-state index contributed by atoms with van der Waals surface area (Å²) < 4.78 is 5.73. The van der Waals surface area contributed by atoms with Crippen LogP contribution in [0.5, 0.6) is 0 Å². The van der Waals surface area contributed by atoms with Crippen molar-refractivity contribution in [1.82, 2.24) is 4.98 Å². The lowest BCUT2D eigenvalue weighted by Gasteiger charge is -2.06. The topological polar surface area (TPSA) is 98.3 Å². The number of carbonyl (C=O) groups is 1. The van der Waals surface area contributed by atoms with E-state index in [0.717, 1.165) is 0 Å². The van der Waals surface area contributed by atoms with E-state index in [1.54, 1.807) is 48.5 Å². The van der Waals surface area contributed by atoms with Crippen molar-refractivity contribution in [1.29, 1.82) is 0 Å². The van der Waals surface area contributed by atoms with Crippen molar-refractivity contribution < 1.29 is 14.1 Å². The number of carbonyl (C=O) groups excluding carboxylic acids is 1. The molecule has 0 saturated carbocycles. The van der Waals surface area contributed by atoms with Crippen LogP contribution in [0.3, 0.4) is 0 Å². The molecule has 28 heavy (non-hydrogen) atoms. The Morgan fingerprint density at radius 3 is 2.71 bits per heavy atom. The Morgan fingerprint density at radius 1 is 1.07 bits per heavy atom. The summed E-state index contributed by atoms with van der Waals surface area (Å²) in [5.41, 5.74) is 2.04. The van der Waals surface area contributed by atoms with Gasteiger partial charge in [-0.2, -0.15) is 0 Å². The molecular weight excluding hydrogens is 382 g/mol. The SMILES string of the molecule is O=C(Nc1cccc(-c2nc3cc(Cl)ccc3o2)c1)c1ccccc1[N+](=O)[O-]. The molecular formula is C20H12ClN3O4. The lowest BCUT2D eigenvalue weighted by Crippen LogP contribution is -2.13. The summed E-state index contributed by atoms with van der Waals surface area (Å²) in [6.07, 6.45) is 0. The number of nitrogens with zero attached hydrogens (tertiary/aromatic N) is 2. The van der Waals surface area contributed by atoms with Crippen molar-refractivity contribution in [3.05, 3.63) is 87.4 Å². The van der Waals surface area contributed by atoms with Gasteiger partial charge in [0.05, 0.1) is 4.92 Å². The van der Waals surface area contributed by atoms with Gasteiger partial charge in [0.2, 0.25) is 5.89 Å². The number of anilines is 1. The number of nitrogens with one attached hydrogen (secondary N) is 1. The molecule has 0 aliphatic rings. The molecule has 0 unspecified atom stereocenters. The maximum Gasteiger partial charge on any atom is 0.282 e. The summed E-state index contributed by atoms with van der Waals surface area (Å²) in [4.78, 5) is 27.4. The highest BCUT2D eigenvalue weighted by Crippen LogP contribution is 2.28. The van der Waals surface area contributed by atoms with Gasteiger partial charge < -0.3 is 9.73 Å². The molecule has 8 heteroatoms. The third-order valence-electron chi connectivity index (χ3n) is 4.06. The molecule has 1 N–H and O–H groups in total. The Bertz CT molecular complexity index is 1220. The zero-order chi connectivity index (χ0) is 19.7. The largest absolute Gasteiger partial charge is 0.436 e. The highest BCUT2D eigenvalue weighted by molar-refractivity contribution is 6.31. The lowest BCUT2D eigenvalue weighted by atomic mass is 10.1. The van der Waals surface area contributed by atoms with Gasteiger partial charge in [-0.25, -0.2) is 4.98 Å². The summed E-state index contributed by atoms with van der Waals surface area (Å²) in [7, 11) is 0. The first-order valence-electron chi connectivity index (χ1n) is 8.22. The molecule has 4 aromatic rings. The number of nitro groups is 1. The summed E-state index contributed by atoms with van der Waals surface area (Å²) in [6.45, 7) is 0. The van der Waals surface area contributed by atoms with Crippen LogP contribution in [0.1, 0.15) is 10.4 Å². The Labute approximate surface area is 163 Å². The molecule has 0 bridgehead atoms. The number of oxazole rings is 1. The van der Waals surface area contributed by atoms with E-state index in [2.05, 4.69) is 10.3 Å². The first-order valence-corrected chi connectivity index (χ1v) is 8.60. The maximum atomic E-state index is 12.5. The molecule has 7 nitrogen and oxygen atoms in total. The number of aromatic nitrogens is 1. The predicted molar refractivity (Wildman–Crippen MR) is 106 cm³/mol. The maximum absolute atomic E-state index is 12.5. The number of hydrogen-bond donors (Lipinski definition) is 1. The molecule has 0 saturated heterocycles. The number of amides is 1. The summed E-state index contributed by atoms with van der Waals surface area (Å²) in [5, 5.41) is 14.3. The molecule has 0 radical (unpaired) electrons. The van der Waals surface area contributed by atoms with Crippen LogP contribution in [0.4, 0.5) is 11.4 Å². The molecule has 3 aromatic carbocycles. The standard InChI is InChI=1S/C20H12ClN3O4/c21-13-8-9-18-16(11-13)23-20(28-18)12-4-3-5-14(10-12)22-19(25)15-6-1-2-7-17(15)24(26)27/h1-11H,(H,22,25). The third kappa shape index (κ3) is 3.43. The van der Waals surface area contributed by atoms with Crippen LogP contribution in [0.15, 0.2) is 71.1 Å². The van der Waals surface area contributed by atoms with E-state index in [1.165, 1.54) is 18.2 Å². The molecule has 1 heterocycles. The van der Waals surface area contributed by atoms with Crippen molar-refractivity contribution in [2.24, 2.45) is 0 Å². The molecule has 0 atom stereocenters. The van der Waals surface area contributed by atoms with Crippen LogP contribution < -0.4 is 5.32 Å². The summed E-state index contributed by atoms with van der Waals surface area (Å²) in [6, 6.07) is 17.8. The fraction of sp³-hybridized carbons (Fsp3) is 0. The number of nitro benzene ring substituents is 1.